The average molecular weight is 188 g/mol. The van der Waals surface area contributed by atoms with Crippen LogP contribution in [0.4, 0.5) is 0 Å². The molecule has 2 aliphatic carbocycles. The molecule has 0 N–H and O–H groups in total. The van der Waals surface area contributed by atoms with Gasteiger partial charge in [0, 0.05) is 5.41 Å². The maximum absolute atomic E-state index is 2.30. The van der Waals surface area contributed by atoms with Crippen LogP contribution < -0.4 is 0 Å². The van der Waals surface area contributed by atoms with E-state index in [1.54, 1.807) is 0 Å². The summed E-state index contributed by atoms with van der Waals surface area (Å²) in [5.41, 5.74) is 0.417. The molecule has 0 aromatic heterocycles. The first-order chi connectivity index (χ1) is 6.83. The highest BCUT2D eigenvalue weighted by molar-refractivity contribution is 5.24. The summed E-state index contributed by atoms with van der Waals surface area (Å²) in [4.78, 5) is 0. The first-order valence-corrected chi connectivity index (χ1v) is 5.52. The van der Waals surface area contributed by atoms with E-state index in [4.69, 9.17) is 0 Å². The van der Waals surface area contributed by atoms with E-state index < -0.39 is 0 Å². The molecule has 76 valence electrons. The van der Waals surface area contributed by atoms with Crippen molar-refractivity contribution in [2.45, 2.75) is 33.1 Å². The molecule has 0 saturated carbocycles. The molecule has 0 heterocycles. The molecule has 0 saturated heterocycles. The molecular formula is C14H20. The normalized spacial score (nSPS) is 19.9. The molecule has 0 fully saturated rings. The van der Waals surface area contributed by atoms with Gasteiger partial charge < -0.3 is 0 Å². The molecule has 0 unspecified atom stereocenters. The fourth-order valence-electron chi connectivity index (χ4n) is 1.66. The van der Waals surface area contributed by atoms with Gasteiger partial charge in [0.05, 0.1) is 0 Å². The third-order valence-electron chi connectivity index (χ3n) is 2.94. The second kappa shape index (κ2) is 5.64. The van der Waals surface area contributed by atoms with Crippen molar-refractivity contribution in [2.24, 2.45) is 5.41 Å². The van der Waals surface area contributed by atoms with Crippen LogP contribution in [0.1, 0.15) is 33.1 Å². The van der Waals surface area contributed by atoms with Crippen molar-refractivity contribution in [2.75, 3.05) is 0 Å². The van der Waals surface area contributed by atoms with E-state index in [0.717, 1.165) is 6.42 Å². The van der Waals surface area contributed by atoms with Gasteiger partial charge in [-0.05, 0) is 19.3 Å². The third-order valence-corrected chi connectivity index (χ3v) is 2.94. The van der Waals surface area contributed by atoms with Gasteiger partial charge >= 0.3 is 0 Å². The van der Waals surface area contributed by atoms with Gasteiger partial charge in [-0.1, -0.05) is 62.5 Å². The Morgan fingerprint density at radius 3 is 1.57 bits per heavy atom. The highest BCUT2D eigenvalue weighted by atomic mass is 14.2. The first-order valence-electron chi connectivity index (χ1n) is 5.52. The first kappa shape index (κ1) is 11.0. The maximum Gasteiger partial charge on any atom is 0.00619 e. The lowest BCUT2D eigenvalue weighted by Crippen LogP contribution is -2.08. The Labute approximate surface area is 87.7 Å². The van der Waals surface area contributed by atoms with Crippen molar-refractivity contribution >= 4 is 0 Å². The smallest absolute Gasteiger partial charge is 0.00619 e. The van der Waals surface area contributed by atoms with E-state index in [2.05, 4.69) is 62.5 Å². The van der Waals surface area contributed by atoms with E-state index in [9.17, 15) is 0 Å². The average Bonchev–Trinajstić information content (AvgIpc) is 2.93. The van der Waals surface area contributed by atoms with Crippen LogP contribution in [0.25, 0.3) is 0 Å². The van der Waals surface area contributed by atoms with Crippen molar-refractivity contribution in [1.82, 2.24) is 0 Å². The maximum atomic E-state index is 2.30. The fourth-order valence-corrected chi connectivity index (χ4v) is 1.66. The third kappa shape index (κ3) is 3.02. The predicted molar refractivity (Wildman–Crippen MR) is 64.2 cm³/mol. The minimum atomic E-state index is 0.417. The van der Waals surface area contributed by atoms with Crippen LogP contribution in [0, 0.1) is 5.41 Å². The van der Waals surface area contributed by atoms with Crippen molar-refractivity contribution in [3.63, 3.8) is 0 Å². The molecule has 0 aromatic rings. The quantitative estimate of drug-likeness (QED) is 0.601. The molecule has 0 aromatic carbocycles. The summed E-state index contributed by atoms with van der Waals surface area (Å²) in [5, 5.41) is 0. The predicted octanol–water partition coefficient (Wildman–Crippen LogP) is 4.42. The van der Waals surface area contributed by atoms with Crippen molar-refractivity contribution in [3.05, 3.63) is 48.6 Å². The van der Waals surface area contributed by atoms with Crippen molar-refractivity contribution in [3.8, 4) is 0 Å². The summed E-state index contributed by atoms with van der Waals surface area (Å²) >= 11 is 0. The zero-order chi connectivity index (χ0) is 10.3. The van der Waals surface area contributed by atoms with Crippen LogP contribution in [-0.2, 0) is 0 Å². The molecule has 2 aliphatic rings. The van der Waals surface area contributed by atoms with Crippen LogP contribution in [0.3, 0.4) is 0 Å². The van der Waals surface area contributed by atoms with Gasteiger partial charge in [-0.15, -0.1) is 0 Å². The molecule has 14 heavy (non-hydrogen) atoms. The summed E-state index contributed by atoms with van der Waals surface area (Å²) in [6.45, 7) is 4.48. The molecule has 2 rings (SSSR count). The van der Waals surface area contributed by atoms with Crippen LogP contribution in [0.15, 0.2) is 48.6 Å². The zero-order valence-corrected chi connectivity index (χ0v) is 9.24. The lowest BCUT2D eigenvalue weighted by Gasteiger charge is -2.20. The van der Waals surface area contributed by atoms with Crippen LogP contribution in [0.5, 0.6) is 0 Å². The second-order valence-corrected chi connectivity index (χ2v) is 3.75. The van der Waals surface area contributed by atoms with E-state index in [0.29, 0.717) is 5.41 Å². The number of hydrogen-bond donors (Lipinski definition) is 0. The molecular weight excluding hydrogens is 168 g/mol. The minimum absolute atomic E-state index is 0.417. The van der Waals surface area contributed by atoms with Crippen molar-refractivity contribution < 1.29 is 0 Å². The van der Waals surface area contributed by atoms with Gasteiger partial charge in [-0.25, -0.2) is 0 Å². The SMILES string of the molecule is C1=CCC=C1.CCC1(CC)C=CC=C1. The number of rotatable bonds is 2. The standard InChI is InChI=1S/C9H14.C5H6/c1-3-9(4-2)7-5-6-8-9;1-2-4-5-3-1/h5-8H,3-4H2,1-2H3;1-4H,5H2. The summed E-state index contributed by atoms with van der Waals surface area (Å²) in [6.07, 6.45) is 20.9. The van der Waals surface area contributed by atoms with Crippen LogP contribution in [-0.4, -0.2) is 0 Å². The van der Waals surface area contributed by atoms with E-state index in [-0.39, 0.29) is 0 Å². The fraction of sp³-hybridized carbons (Fsp3) is 0.429. The van der Waals surface area contributed by atoms with Crippen LogP contribution in [0.2, 0.25) is 0 Å². The Hall–Kier alpha value is -1.04. The Balaban J connectivity index is 0.000000165. The van der Waals surface area contributed by atoms with Crippen LogP contribution >= 0.6 is 0 Å². The molecule has 0 heteroatoms. The van der Waals surface area contributed by atoms with E-state index >= 15 is 0 Å². The van der Waals surface area contributed by atoms with Crippen molar-refractivity contribution in [1.29, 1.82) is 0 Å². The van der Waals surface area contributed by atoms with Gasteiger partial charge in [-0.2, -0.15) is 0 Å². The van der Waals surface area contributed by atoms with Gasteiger partial charge in [0.1, 0.15) is 0 Å². The Kier molecular flexibility index (Phi) is 4.45. The summed E-state index contributed by atoms with van der Waals surface area (Å²) in [5.74, 6) is 0. The molecule has 0 radical (unpaired) electrons. The highest BCUT2D eigenvalue weighted by Gasteiger charge is 2.20. The Morgan fingerprint density at radius 2 is 1.36 bits per heavy atom. The number of allylic oxidation sites excluding steroid dienone is 8. The molecule has 0 amide bonds. The summed E-state index contributed by atoms with van der Waals surface area (Å²) in [7, 11) is 0. The Morgan fingerprint density at radius 1 is 0.857 bits per heavy atom. The lowest BCUT2D eigenvalue weighted by atomic mass is 9.84. The molecule has 0 atom stereocenters. The molecule has 0 nitrogen and oxygen atoms in total. The van der Waals surface area contributed by atoms with E-state index in [1.807, 2.05) is 0 Å². The zero-order valence-electron chi connectivity index (χ0n) is 9.24. The summed E-state index contributed by atoms with van der Waals surface area (Å²) in [6, 6.07) is 0. The summed E-state index contributed by atoms with van der Waals surface area (Å²) < 4.78 is 0. The van der Waals surface area contributed by atoms with E-state index in [1.165, 1.54) is 12.8 Å². The molecule has 0 aliphatic heterocycles. The Bertz CT molecular complexity index is 236. The largest absolute Gasteiger partial charge is 0.0808 e. The minimum Gasteiger partial charge on any atom is -0.0808 e. The van der Waals surface area contributed by atoms with Gasteiger partial charge in [0.15, 0.2) is 0 Å². The second-order valence-electron chi connectivity index (χ2n) is 3.75. The number of hydrogen-bond acceptors (Lipinski definition) is 0. The lowest BCUT2D eigenvalue weighted by molar-refractivity contribution is 0.462. The molecule has 0 spiro atoms. The molecule has 0 bridgehead atoms. The van der Waals surface area contributed by atoms with Gasteiger partial charge in [0.25, 0.3) is 0 Å². The monoisotopic (exact) mass is 188 g/mol. The highest BCUT2D eigenvalue weighted by Crippen LogP contribution is 2.32. The van der Waals surface area contributed by atoms with Gasteiger partial charge in [-0.3, -0.25) is 0 Å². The van der Waals surface area contributed by atoms with Gasteiger partial charge in [0.2, 0.25) is 0 Å². The topological polar surface area (TPSA) is 0 Å².